The maximum absolute atomic E-state index is 10.8. The minimum Gasteiger partial charge on any atom is -0.476 e. The molecule has 2 rings (SSSR count). The average Bonchev–Trinajstić information content (AvgIpc) is 2.72. The van der Waals surface area contributed by atoms with E-state index in [9.17, 15) is 4.79 Å². The third-order valence-corrected chi connectivity index (χ3v) is 2.96. The van der Waals surface area contributed by atoms with Crippen LogP contribution in [0, 0.1) is 6.92 Å². The van der Waals surface area contributed by atoms with E-state index < -0.39 is 5.97 Å². The number of hydrogen-bond donors (Lipinski definition) is 2. The van der Waals surface area contributed by atoms with Gasteiger partial charge in [-0.1, -0.05) is 21.1 Å². The van der Waals surface area contributed by atoms with Crippen LogP contribution in [0.1, 0.15) is 16.1 Å². The SMILES string of the molecule is Cc1cc(Oc2[nH]nnc2C(=O)O)ccc1Br. The Bertz CT molecular complexity index is 568. The molecule has 0 aliphatic heterocycles. The highest BCUT2D eigenvalue weighted by atomic mass is 79.9. The van der Waals surface area contributed by atoms with Crippen LogP contribution in [-0.2, 0) is 0 Å². The standard InChI is InChI=1S/C10H8BrN3O3/c1-5-4-6(2-3-7(5)11)17-9-8(10(15)16)12-14-13-9/h2-4H,1H3,(H,15,16)(H,12,13,14). The number of ether oxygens (including phenoxy) is 1. The van der Waals surface area contributed by atoms with Crippen molar-refractivity contribution < 1.29 is 14.6 Å². The van der Waals surface area contributed by atoms with E-state index in [1.165, 1.54) is 0 Å². The van der Waals surface area contributed by atoms with Crippen molar-refractivity contribution in [1.29, 1.82) is 0 Å². The molecule has 7 heteroatoms. The van der Waals surface area contributed by atoms with Crippen LogP contribution in [0.3, 0.4) is 0 Å². The second-order valence-electron chi connectivity index (χ2n) is 3.31. The minimum atomic E-state index is -1.19. The zero-order valence-corrected chi connectivity index (χ0v) is 10.4. The van der Waals surface area contributed by atoms with Gasteiger partial charge >= 0.3 is 5.97 Å². The van der Waals surface area contributed by atoms with E-state index in [4.69, 9.17) is 9.84 Å². The first-order valence-corrected chi connectivity index (χ1v) is 5.45. The number of aromatic nitrogens is 3. The molecule has 0 unspecified atom stereocenters. The molecule has 1 heterocycles. The lowest BCUT2D eigenvalue weighted by Crippen LogP contribution is -1.99. The highest BCUT2D eigenvalue weighted by Gasteiger charge is 2.16. The number of nitrogens with one attached hydrogen (secondary N) is 1. The van der Waals surface area contributed by atoms with Gasteiger partial charge < -0.3 is 9.84 Å². The van der Waals surface area contributed by atoms with Crippen LogP contribution in [0.25, 0.3) is 0 Å². The summed E-state index contributed by atoms with van der Waals surface area (Å²) in [7, 11) is 0. The fourth-order valence-electron chi connectivity index (χ4n) is 1.23. The molecule has 0 saturated carbocycles. The van der Waals surface area contributed by atoms with Gasteiger partial charge in [-0.3, -0.25) is 0 Å². The van der Waals surface area contributed by atoms with Crippen molar-refractivity contribution in [3.63, 3.8) is 0 Å². The number of carboxylic acid groups (broad SMARTS) is 1. The summed E-state index contributed by atoms with van der Waals surface area (Å²) in [5, 5.41) is 18.0. The molecule has 2 aromatic rings. The molecule has 0 aliphatic carbocycles. The normalized spacial score (nSPS) is 10.2. The molecule has 0 saturated heterocycles. The zero-order chi connectivity index (χ0) is 12.4. The minimum absolute atomic E-state index is 0.0132. The average molecular weight is 298 g/mol. The van der Waals surface area contributed by atoms with Gasteiger partial charge in [-0.15, -0.1) is 5.10 Å². The van der Waals surface area contributed by atoms with Crippen molar-refractivity contribution in [3.05, 3.63) is 33.9 Å². The molecule has 6 nitrogen and oxygen atoms in total. The Morgan fingerprint density at radius 1 is 1.53 bits per heavy atom. The molecule has 0 atom stereocenters. The van der Waals surface area contributed by atoms with Crippen LogP contribution >= 0.6 is 15.9 Å². The van der Waals surface area contributed by atoms with Gasteiger partial charge in [-0.2, -0.15) is 0 Å². The number of carboxylic acids is 1. The van der Waals surface area contributed by atoms with Gasteiger partial charge in [0.2, 0.25) is 5.69 Å². The molecule has 17 heavy (non-hydrogen) atoms. The Morgan fingerprint density at radius 3 is 2.94 bits per heavy atom. The second-order valence-corrected chi connectivity index (χ2v) is 4.16. The summed E-state index contributed by atoms with van der Waals surface area (Å²) in [4.78, 5) is 10.8. The van der Waals surface area contributed by atoms with Gasteiger partial charge in [0.15, 0.2) is 0 Å². The maximum atomic E-state index is 10.8. The van der Waals surface area contributed by atoms with E-state index in [0.717, 1.165) is 10.0 Å². The fraction of sp³-hybridized carbons (Fsp3) is 0.100. The number of halogens is 1. The van der Waals surface area contributed by atoms with Crippen molar-refractivity contribution in [2.75, 3.05) is 0 Å². The number of hydrogen-bond acceptors (Lipinski definition) is 4. The second kappa shape index (κ2) is 4.54. The van der Waals surface area contributed by atoms with Crippen LogP contribution in [0.5, 0.6) is 11.6 Å². The Morgan fingerprint density at radius 2 is 2.29 bits per heavy atom. The van der Waals surface area contributed by atoms with Gasteiger partial charge in [-0.05, 0) is 30.7 Å². The molecular weight excluding hydrogens is 290 g/mol. The van der Waals surface area contributed by atoms with Gasteiger partial charge in [0, 0.05) is 4.47 Å². The van der Waals surface area contributed by atoms with E-state index in [-0.39, 0.29) is 11.6 Å². The first kappa shape index (κ1) is 11.6. The summed E-state index contributed by atoms with van der Waals surface area (Å²) >= 11 is 3.36. The number of aromatic amines is 1. The smallest absolute Gasteiger partial charge is 0.362 e. The molecule has 88 valence electrons. The molecule has 0 amide bonds. The lowest BCUT2D eigenvalue weighted by Gasteiger charge is -2.05. The number of carbonyl (C=O) groups is 1. The lowest BCUT2D eigenvalue weighted by atomic mass is 10.2. The van der Waals surface area contributed by atoms with Crippen molar-refractivity contribution in [2.45, 2.75) is 6.92 Å². The van der Waals surface area contributed by atoms with E-state index in [0.29, 0.717) is 5.75 Å². The molecule has 2 N–H and O–H groups in total. The molecule has 1 aromatic heterocycles. The van der Waals surface area contributed by atoms with Crippen LogP contribution in [0.2, 0.25) is 0 Å². The van der Waals surface area contributed by atoms with Gasteiger partial charge in [0.25, 0.3) is 5.88 Å². The number of aromatic carboxylic acids is 1. The van der Waals surface area contributed by atoms with Gasteiger partial charge in [0.05, 0.1) is 0 Å². The zero-order valence-electron chi connectivity index (χ0n) is 8.77. The Hall–Kier alpha value is -1.89. The first-order valence-electron chi connectivity index (χ1n) is 4.66. The molecule has 0 bridgehead atoms. The van der Waals surface area contributed by atoms with Crippen LogP contribution < -0.4 is 4.74 Å². The molecule has 1 aromatic carbocycles. The third-order valence-electron chi connectivity index (χ3n) is 2.07. The predicted molar refractivity (Wildman–Crippen MR) is 62.3 cm³/mol. The quantitative estimate of drug-likeness (QED) is 0.908. The number of H-pyrrole nitrogens is 1. The largest absolute Gasteiger partial charge is 0.476 e. The van der Waals surface area contributed by atoms with Crippen LogP contribution in [0.15, 0.2) is 22.7 Å². The van der Waals surface area contributed by atoms with E-state index in [1.807, 2.05) is 13.0 Å². The topological polar surface area (TPSA) is 88.1 Å². The van der Waals surface area contributed by atoms with Crippen LogP contribution in [-0.4, -0.2) is 26.5 Å². The van der Waals surface area contributed by atoms with Crippen LogP contribution in [0.4, 0.5) is 0 Å². The highest BCUT2D eigenvalue weighted by molar-refractivity contribution is 9.10. The van der Waals surface area contributed by atoms with E-state index >= 15 is 0 Å². The van der Waals surface area contributed by atoms with Crippen molar-refractivity contribution in [3.8, 4) is 11.6 Å². The Labute approximate surface area is 105 Å². The summed E-state index contributed by atoms with van der Waals surface area (Å²) in [5.41, 5.74) is 0.734. The number of aryl methyl sites for hydroxylation is 1. The summed E-state index contributed by atoms with van der Waals surface area (Å²) < 4.78 is 6.31. The van der Waals surface area contributed by atoms with Crippen molar-refractivity contribution in [2.24, 2.45) is 0 Å². The van der Waals surface area contributed by atoms with Crippen molar-refractivity contribution >= 4 is 21.9 Å². The summed E-state index contributed by atoms with van der Waals surface area (Å²) in [6, 6.07) is 5.30. The molecular formula is C10H8BrN3O3. The fourth-order valence-corrected chi connectivity index (χ4v) is 1.47. The van der Waals surface area contributed by atoms with E-state index in [1.54, 1.807) is 12.1 Å². The summed E-state index contributed by atoms with van der Waals surface area (Å²) in [6.45, 7) is 1.90. The van der Waals surface area contributed by atoms with Gasteiger partial charge in [0.1, 0.15) is 5.75 Å². The summed E-state index contributed by atoms with van der Waals surface area (Å²) in [5.74, 6) is -0.666. The predicted octanol–water partition coefficient (Wildman–Crippen LogP) is 2.37. The van der Waals surface area contributed by atoms with Crippen molar-refractivity contribution in [1.82, 2.24) is 15.4 Å². The lowest BCUT2D eigenvalue weighted by molar-refractivity contribution is 0.0687. The molecule has 0 radical (unpaired) electrons. The number of nitrogens with zero attached hydrogens (tertiary/aromatic N) is 2. The third kappa shape index (κ3) is 2.44. The highest BCUT2D eigenvalue weighted by Crippen LogP contribution is 2.26. The monoisotopic (exact) mass is 297 g/mol. The molecule has 0 spiro atoms. The maximum Gasteiger partial charge on any atom is 0.362 e. The summed E-state index contributed by atoms with van der Waals surface area (Å²) in [6.07, 6.45) is 0. The first-order chi connectivity index (χ1) is 8.08. The Balaban J connectivity index is 2.28. The van der Waals surface area contributed by atoms with E-state index in [2.05, 4.69) is 31.3 Å². The Kier molecular flexibility index (Phi) is 3.10. The van der Waals surface area contributed by atoms with Gasteiger partial charge in [-0.25, -0.2) is 9.89 Å². The molecule has 0 fully saturated rings. The number of benzene rings is 1. The molecule has 0 aliphatic rings. The number of rotatable bonds is 3.